The topological polar surface area (TPSA) is 58.9 Å². The van der Waals surface area contributed by atoms with Crippen LogP contribution in [0.5, 0.6) is 5.75 Å². The summed E-state index contributed by atoms with van der Waals surface area (Å²) in [4.78, 5) is 16.7. The molecule has 1 N–H and O–H groups in total. The molecule has 0 aliphatic rings. The number of esters is 1. The molecule has 0 fully saturated rings. The number of hydrogen-bond acceptors (Lipinski definition) is 4. The summed E-state index contributed by atoms with van der Waals surface area (Å²) in [5.41, 5.74) is 2.77. The van der Waals surface area contributed by atoms with E-state index in [-0.39, 0.29) is 11.7 Å². The number of aliphatic imine (C=N–C) groups is 1. The highest BCUT2D eigenvalue weighted by molar-refractivity contribution is 6.31. The van der Waals surface area contributed by atoms with Crippen molar-refractivity contribution in [1.82, 2.24) is 0 Å². The molecule has 2 aromatic rings. The van der Waals surface area contributed by atoms with Crippen LogP contribution in [0, 0.1) is 5.92 Å². The van der Waals surface area contributed by atoms with Crippen molar-refractivity contribution in [2.24, 2.45) is 10.9 Å². The first-order valence-electron chi connectivity index (χ1n) is 8.69. The number of phenols is 1. The fourth-order valence-corrected chi connectivity index (χ4v) is 2.76. The molecule has 0 saturated carbocycles. The lowest BCUT2D eigenvalue weighted by molar-refractivity contribution is -0.145. The largest absolute Gasteiger partial charge is 0.508 e. The molecule has 138 valence electrons. The molecule has 0 amide bonds. The molecule has 0 radical (unpaired) electrons. The summed E-state index contributed by atoms with van der Waals surface area (Å²) in [5.74, 6) is -0.358. The monoisotopic (exact) mass is 373 g/mol. The SMILES string of the molecule is CCOC(=O)C(C=Nc1ccc(C(C)C)cc1)Cc1ccc(O)cc1Cl. The lowest BCUT2D eigenvalue weighted by Crippen LogP contribution is -2.21. The number of ether oxygens (including phenoxy) is 1. The van der Waals surface area contributed by atoms with Crippen LogP contribution in [0.15, 0.2) is 47.5 Å². The average Bonchev–Trinajstić information content (AvgIpc) is 2.60. The van der Waals surface area contributed by atoms with Gasteiger partial charge in [0.2, 0.25) is 0 Å². The van der Waals surface area contributed by atoms with E-state index >= 15 is 0 Å². The van der Waals surface area contributed by atoms with Crippen molar-refractivity contribution < 1.29 is 14.6 Å². The first-order chi connectivity index (χ1) is 12.4. The van der Waals surface area contributed by atoms with Gasteiger partial charge in [-0.15, -0.1) is 0 Å². The Morgan fingerprint density at radius 1 is 1.23 bits per heavy atom. The van der Waals surface area contributed by atoms with Crippen molar-refractivity contribution >= 4 is 29.5 Å². The fourth-order valence-electron chi connectivity index (χ4n) is 2.51. The highest BCUT2D eigenvalue weighted by Gasteiger charge is 2.20. The van der Waals surface area contributed by atoms with Crippen molar-refractivity contribution in [3.63, 3.8) is 0 Å². The maximum atomic E-state index is 12.3. The van der Waals surface area contributed by atoms with E-state index in [9.17, 15) is 9.90 Å². The molecule has 2 rings (SSSR count). The molecule has 0 bridgehead atoms. The number of phenolic OH excluding ortho intramolecular Hbond substituents is 1. The van der Waals surface area contributed by atoms with E-state index in [1.807, 2.05) is 24.3 Å². The summed E-state index contributed by atoms with van der Waals surface area (Å²) in [5, 5.41) is 9.89. The standard InChI is InChI=1S/C21H24ClNO3/c1-4-26-21(25)17(11-16-7-10-19(24)12-20(16)22)13-23-18-8-5-15(6-9-18)14(2)3/h5-10,12-14,17,24H,4,11H2,1-3H3. The lowest BCUT2D eigenvalue weighted by Gasteiger charge is -2.12. The molecule has 5 heteroatoms. The van der Waals surface area contributed by atoms with Gasteiger partial charge in [0.1, 0.15) is 5.75 Å². The van der Waals surface area contributed by atoms with Crippen LogP contribution in [-0.2, 0) is 16.0 Å². The second-order valence-electron chi connectivity index (χ2n) is 6.36. The normalized spacial score (nSPS) is 12.5. The number of halogens is 1. The molecule has 0 spiro atoms. The van der Waals surface area contributed by atoms with Gasteiger partial charge in [0.15, 0.2) is 0 Å². The highest BCUT2D eigenvalue weighted by Crippen LogP contribution is 2.25. The van der Waals surface area contributed by atoms with Crippen molar-refractivity contribution in [1.29, 1.82) is 0 Å². The van der Waals surface area contributed by atoms with Crippen LogP contribution in [0.4, 0.5) is 5.69 Å². The maximum absolute atomic E-state index is 12.3. The molecule has 1 atom stereocenters. The van der Waals surface area contributed by atoms with Crippen molar-refractivity contribution in [2.45, 2.75) is 33.1 Å². The summed E-state index contributed by atoms with van der Waals surface area (Å²) in [6.45, 7) is 6.34. The molecule has 0 saturated heterocycles. The molecule has 26 heavy (non-hydrogen) atoms. The first kappa shape index (κ1) is 20.0. The molecule has 0 heterocycles. The van der Waals surface area contributed by atoms with Gasteiger partial charge in [-0.25, -0.2) is 0 Å². The number of aromatic hydroxyl groups is 1. The van der Waals surface area contributed by atoms with Gasteiger partial charge in [-0.05, 0) is 54.7 Å². The Morgan fingerprint density at radius 2 is 1.92 bits per heavy atom. The minimum atomic E-state index is -0.554. The van der Waals surface area contributed by atoms with Gasteiger partial charge in [0, 0.05) is 11.2 Å². The zero-order chi connectivity index (χ0) is 19.1. The Labute approximate surface area is 159 Å². The number of rotatable bonds is 7. The molecule has 4 nitrogen and oxygen atoms in total. The van der Waals surface area contributed by atoms with Crippen molar-refractivity contribution in [3.8, 4) is 5.75 Å². The number of carbonyl (C=O) groups is 1. The Bertz CT molecular complexity index is 769. The van der Waals surface area contributed by atoms with Gasteiger partial charge in [-0.3, -0.25) is 9.79 Å². The second kappa shape index (κ2) is 9.39. The van der Waals surface area contributed by atoms with Crippen molar-refractivity contribution in [2.75, 3.05) is 6.61 Å². The van der Waals surface area contributed by atoms with Gasteiger partial charge in [-0.2, -0.15) is 0 Å². The number of benzene rings is 2. The van der Waals surface area contributed by atoms with Crippen LogP contribution in [-0.4, -0.2) is 23.9 Å². The zero-order valence-electron chi connectivity index (χ0n) is 15.3. The lowest BCUT2D eigenvalue weighted by atomic mass is 10.00. The molecule has 0 aliphatic carbocycles. The van der Waals surface area contributed by atoms with Gasteiger partial charge in [-0.1, -0.05) is 43.6 Å². The minimum absolute atomic E-state index is 0.0883. The van der Waals surface area contributed by atoms with Gasteiger partial charge < -0.3 is 9.84 Å². The average molecular weight is 374 g/mol. The van der Waals surface area contributed by atoms with E-state index in [0.29, 0.717) is 24.0 Å². The predicted octanol–water partition coefficient (Wildman–Crippen LogP) is 5.29. The summed E-state index contributed by atoms with van der Waals surface area (Å²) < 4.78 is 5.16. The van der Waals surface area contributed by atoms with Crippen LogP contribution in [0.3, 0.4) is 0 Å². The van der Waals surface area contributed by atoms with Gasteiger partial charge in [0.25, 0.3) is 0 Å². The summed E-state index contributed by atoms with van der Waals surface area (Å²) in [6, 6.07) is 12.6. The third-order valence-corrected chi connectivity index (χ3v) is 4.38. The van der Waals surface area contributed by atoms with E-state index in [4.69, 9.17) is 16.3 Å². The zero-order valence-corrected chi connectivity index (χ0v) is 16.0. The Balaban J connectivity index is 2.19. The highest BCUT2D eigenvalue weighted by atomic mass is 35.5. The van der Waals surface area contributed by atoms with E-state index in [2.05, 4.69) is 18.8 Å². The number of carbonyl (C=O) groups excluding carboxylic acids is 1. The van der Waals surface area contributed by atoms with E-state index in [1.165, 1.54) is 11.6 Å². The molecular formula is C21H24ClNO3. The number of hydrogen-bond donors (Lipinski definition) is 1. The Hall–Kier alpha value is -2.33. The van der Waals surface area contributed by atoms with Crippen LogP contribution in [0.2, 0.25) is 5.02 Å². The molecular weight excluding hydrogens is 350 g/mol. The fraction of sp³-hybridized carbons (Fsp3) is 0.333. The summed E-state index contributed by atoms with van der Waals surface area (Å²) in [7, 11) is 0. The number of nitrogens with zero attached hydrogens (tertiary/aromatic N) is 1. The van der Waals surface area contributed by atoms with E-state index in [1.54, 1.807) is 25.3 Å². The van der Waals surface area contributed by atoms with E-state index < -0.39 is 5.92 Å². The Kier molecular flexibility index (Phi) is 7.22. The maximum Gasteiger partial charge on any atom is 0.314 e. The smallest absolute Gasteiger partial charge is 0.314 e. The quantitative estimate of drug-likeness (QED) is 0.529. The van der Waals surface area contributed by atoms with Crippen LogP contribution < -0.4 is 0 Å². The predicted molar refractivity (Wildman–Crippen MR) is 106 cm³/mol. The van der Waals surface area contributed by atoms with Gasteiger partial charge in [0.05, 0.1) is 18.2 Å². The molecule has 2 aromatic carbocycles. The summed E-state index contributed by atoms with van der Waals surface area (Å²) >= 11 is 6.16. The van der Waals surface area contributed by atoms with Crippen LogP contribution >= 0.6 is 11.6 Å². The Morgan fingerprint density at radius 3 is 2.50 bits per heavy atom. The van der Waals surface area contributed by atoms with Crippen LogP contribution in [0.25, 0.3) is 0 Å². The van der Waals surface area contributed by atoms with Crippen LogP contribution in [0.1, 0.15) is 37.8 Å². The third kappa shape index (κ3) is 5.60. The molecule has 0 aromatic heterocycles. The molecule has 1 unspecified atom stereocenters. The first-order valence-corrected chi connectivity index (χ1v) is 9.06. The summed E-state index contributed by atoms with van der Waals surface area (Å²) in [6.07, 6.45) is 1.96. The van der Waals surface area contributed by atoms with Gasteiger partial charge >= 0.3 is 5.97 Å². The molecule has 0 aliphatic heterocycles. The second-order valence-corrected chi connectivity index (χ2v) is 6.77. The minimum Gasteiger partial charge on any atom is -0.508 e. The third-order valence-electron chi connectivity index (χ3n) is 4.03. The van der Waals surface area contributed by atoms with Crippen molar-refractivity contribution in [3.05, 3.63) is 58.6 Å². The van der Waals surface area contributed by atoms with E-state index in [0.717, 1.165) is 11.3 Å².